The summed E-state index contributed by atoms with van der Waals surface area (Å²) in [6.45, 7) is 6.86. The van der Waals surface area contributed by atoms with Gasteiger partial charge in [0.2, 0.25) is 0 Å². The molecule has 2 aromatic rings. The Hall–Kier alpha value is -0.280. The first-order chi connectivity index (χ1) is 9.55. The van der Waals surface area contributed by atoms with Crippen LogP contribution in [0.3, 0.4) is 0 Å². The number of hydrogen-bond donors (Lipinski definition) is 1. The Morgan fingerprint density at radius 2 is 2.10 bits per heavy atom. The van der Waals surface area contributed by atoms with E-state index in [4.69, 9.17) is 10.3 Å². The van der Waals surface area contributed by atoms with E-state index in [1.807, 2.05) is 6.07 Å². The number of halogens is 2. The van der Waals surface area contributed by atoms with Gasteiger partial charge in [-0.05, 0) is 51.0 Å². The highest BCUT2D eigenvalue weighted by molar-refractivity contribution is 9.13. The second-order valence-electron chi connectivity index (χ2n) is 4.28. The van der Waals surface area contributed by atoms with Crippen LogP contribution in [0.4, 0.5) is 0 Å². The number of nitrogens with two attached hydrogens (primary N) is 1. The molecular formula is C12H16Br2N4OS. The maximum atomic E-state index is 6.13. The number of nitrogens with zero attached hydrogens (tertiary/aromatic N) is 3. The summed E-state index contributed by atoms with van der Waals surface area (Å²) in [5, 5.41) is 3.99. The predicted molar refractivity (Wildman–Crippen MR) is 87.7 cm³/mol. The number of thiophene rings is 1. The largest absolute Gasteiger partial charge is 0.333 e. The Morgan fingerprint density at radius 1 is 1.40 bits per heavy atom. The molecule has 0 saturated heterocycles. The van der Waals surface area contributed by atoms with Crippen molar-refractivity contribution in [2.45, 2.75) is 19.9 Å². The van der Waals surface area contributed by atoms with Crippen molar-refractivity contribution in [2.75, 3.05) is 19.6 Å². The summed E-state index contributed by atoms with van der Waals surface area (Å²) in [4.78, 5) is 7.55. The van der Waals surface area contributed by atoms with E-state index < -0.39 is 0 Å². The summed E-state index contributed by atoms with van der Waals surface area (Å²) < 4.78 is 7.27. The van der Waals surface area contributed by atoms with Crippen molar-refractivity contribution < 1.29 is 4.52 Å². The van der Waals surface area contributed by atoms with Gasteiger partial charge in [-0.3, -0.25) is 0 Å². The minimum Gasteiger partial charge on any atom is -0.333 e. The Bertz CT molecular complexity index is 548. The van der Waals surface area contributed by atoms with E-state index in [9.17, 15) is 0 Å². The first kappa shape index (κ1) is 16.1. The Kier molecular flexibility index (Phi) is 5.74. The number of rotatable bonds is 6. The second kappa shape index (κ2) is 7.13. The van der Waals surface area contributed by atoms with Gasteiger partial charge in [-0.25, -0.2) is 0 Å². The Labute approximate surface area is 138 Å². The maximum absolute atomic E-state index is 6.13. The molecular weight excluding hydrogens is 408 g/mol. The molecule has 1 atom stereocenters. The molecule has 0 fully saturated rings. The van der Waals surface area contributed by atoms with Crippen molar-refractivity contribution in [3.63, 3.8) is 0 Å². The van der Waals surface area contributed by atoms with Crippen molar-refractivity contribution >= 4 is 43.2 Å². The van der Waals surface area contributed by atoms with E-state index in [0.717, 1.165) is 32.8 Å². The SMILES string of the molecule is CCN(CC)CC(N)c1noc(-c2cc(Br)c(Br)s2)n1. The van der Waals surface area contributed by atoms with Gasteiger partial charge in [-0.2, -0.15) is 4.98 Å². The molecule has 110 valence electrons. The van der Waals surface area contributed by atoms with Crippen LogP contribution < -0.4 is 5.73 Å². The standard InChI is InChI=1S/C12H16Br2N4OS/c1-3-18(4-2)6-8(15)11-16-12(19-17-11)9-5-7(13)10(14)20-9/h5,8H,3-4,6,15H2,1-2H3. The zero-order valence-corrected chi connectivity index (χ0v) is 15.3. The van der Waals surface area contributed by atoms with Crippen LogP contribution >= 0.6 is 43.2 Å². The molecule has 1 unspecified atom stereocenters. The van der Waals surface area contributed by atoms with Crippen molar-refractivity contribution in [3.05, 3.63) is 20.1 Å². The highest BCUT2D eigenvalue weighted by Gasteiger charge is 2.19. The van der Waals surface area contributed by atoms with Crippen molar-refractivity contribution in [1.29, 1.82) is 0 Å². The van der Waals surface area contributed by atoms with E-state index in [1.54, 1.807) is 0 Å². The summed E-state index contributed by atoms with van der Waals surface area (Å²) in [5.74, 6) is 1.05. The third-order valence-corrected chi connectivity index (χ3v) is 6.22. The van der Waals surface area contributed by atoms with Crippen LogP contribution in [0.15, 0.2) is 18.8 Å². The zero-order valence-electron chi connectivity index (χ0n) is 11.3. The fourth-order valence-electron chi connectivity index (χ4n) is 1.78. The molecule has 20 heavy (non-hydrogen) atoms. The molecule has 0 amide bonds. The van der Waals surface area contributed by atoms with Crippen LogP contribution in [-0.2, 0) is 0 Å². The fourth-order valence-corrected chi connectivity index (χ4v) is 3.74. The normalized spacial score (nSPS) is 13.1. The Balaban J connectivity index is 2.12. The van der Waals surface area contributed by atoms with Crippen molar-refractivity contribution in [1.82, 2.24) is 15.0 Å². The first-order valence-electron chi connectivity index (χ1n) is 6.31. The van der Waals surface area contributed by atoms with Gasteiger partial charge >= 0.3 is 0 Å². The number of hydrogen-bond acceptors (Lipinski definition) is 6. The number of likely N-dealkylation sites (N-methyl/N-ethyl adjacent to an activating group) is 1. The molecule has 0 radical (unpaired) electrons. The van der Waals surface area contributed by atoms with Gasteiger partial charge in [0, 0.05) is 11.0 Å². The highest BCUT2D eigenvalue weighted by Crippen LogP contribution is 2.37. The van der Waals surface area contributed by atoms with E-state index in [1.165, 1.54) is 11.3 Å². The van der Waals surface area contributed by atoms with Gasteiger partial charge in [0.25, 0.3) is 5.89 Å². The van der Waals surface area contributed by atoms with E-state index in [0.29, 0.717) is 11.7 Å². The molecule has 0 aliphatic rings. The van der Waals surface area contributed by atoms with Crippen LogP contribution in [0, 0.1) is 0 Å². The quantitative estimate of drug-likeness (QED) is 0.767. The van der Waals surface area contributed by atoms with Crippen LogP contribution in [0.25, 0.3) is 10.8 Å². The molecule has 2 rings (SSSR count). The van der Waals surface area contributed by atoms with Crippen LogP contribution in [0.1, 0.15) is 25.7 Å². The summed E-state index contributed by atoms with van der Waals surface area (Å²) in [6.07, 6.45) is 0. The number of aromatic nitrogens is 2. The average molecular weight is 424 g/mol. The van der Waals surface area contributed by atoms with Gasteiger partial charge < -0.3 is 15.2 Å². The van der Waals surface area contributed by atoms with Gasteiger partial charge in [0.05, 0.1) is 14.7 Å². The minimum absolute atomic E-state index is 0.237. The summed E-state index contributed by atoms with van der Waals surface area (Å²) >= 11 is 8.43. The molecule has 0 saturated carbocycles. The molecule has 2 aromatic heterocycles. The minimum atomic E-state index is -0.237. The third kappa shape index (κ3) is 3.67. The smallest absolute Gasteiger partial charge is 0.268 e. The topological polar surface area (TPSA) is 68.2 Å². The lowest BCUT2D eigenvalue weighted by molar-refractivity contribution is 0.278. The molecule has 0 aromatic carbocycles. The third-order valence-electron chi connectivity index (χ3n) is 2.98. The van der Waals surface area contributed by atoms with Crippen LogP contribution in [0.5, 0.6) is 0 Å². The molecule has 8 heteroatoms. The highest BCUT2D eigenvalue weighted by atomic mass is 79.9. The van der Waals surface area contributed by atoms with Crippen LogP contribution in [0.2, 0.25) is 0 Å². The van der Waals surface area contributed by atoms with Crippen molar-refractivity contribution in [2.24, 2.45) is 5.73 Å². The van der Waals surface area contributed by atoms with E-state index in [2.05, 4.69) is 60.7 Å². The van der Waals surface area contributed by atoms with Gasteiger partial charge in [0.15, 0.2) is 5.82 Å². The van der Waals surface area contributed by atoms with E-state index >= 15 is 0 Å². The van der Waals surface area contributed by atoms with Crippen LogP contribution in [-0.4, -0.2) is 34.7 Å². The molecule has 0 bridgehead atoms. The molecule has 5 nitrogen and oxygen atoms in total. The molecule has 0 spiro atoms. The van der Waals surface area contributed by atoms with Crippen molar-refractivity contribution in [3.8, 4) is 10.8 Å². The van der Waals surface area contributed by atoms with Gasteiger partial charge in [-0.15, -0.1) is 11.3 Å². The Morgan fingerprint density at radius 3 is 2.65 bits per heavy atom. The van der Waals surface area contributed by atoms with Gasteiger partial charge in [-0.1, -0.05) is 19.0 Å². The van der Waals surface area contributed by atoms with Gasteiger partial charge in [0.1, 0.15) is 0 Å². The summed E-state index contributed by atoms with van der Waals surface area (Å²) in [7, 11) is 0. The molecule has 2 N–H and O–H groups in total. The molecule has 0 aliphatic carbocycles. The van der Waals surface area contributed by atoms with E-state index in [-0.39, 0.29) is 6.04 Å². The first-order valence-corrected chi connectivity index (χ1v) is 8.72. The average Bonchev–Trinajstić information content (AvgIpc) is 3.04. The molecule has 2 heterocycles. The maximum Gasteiger partial charge on any atom is 0.268 e. The summed E-state index contributed by atoms with van der Waals surface area (Å²) in [6, 6.07) is 1.71. The monoisotopic (exact) mass is 422 g/mol. The lowest BCUT2D eigenvalue weighted by atomic mass is 10.2. The summed E-state index contributed by atoms with van der Waals surface area (Å²) in [5.41, 5.74) is 6.13. The predicted octanol–water partition coefficient (Wildman–Crippen LogP) is 3.66. The second-order valence-corrected chi connectivity index (χ2v) is 7.51. The zero-order chi connectivity index (χ0) is 14.7. The lowest BCUT2D eigenvalue weighted by Crippen LogP contribution is -2.32. The lowest BCUT2D eigenvalue weighted by Gasteiger charge is -2.20. The molecule has 0 aliphatic heterocycles. The fraction of sp³-hybridized carbons (Fsp3) is 0.500.